The van der Waals surface area contributed by atoms with Crippen LogP contribution in [0.2, 0.25) is 0 Å². The van der Waals surface area contributed by atoms with Crippen molar-refractivity contribution in [3.05, 3.63) is 35.9 Å². The third-order valence-electron chi connectivity index (χ3n) is 4.14. The number of hydrogen-bond acceptors (Lipinski definition) is 7. The molecule has 2 aliphatic rings. The van der Waals surface area contributed by atoms with Crippen LogP contribution >= 0.6 is 0 Å². The first-order chi connectivity index (χ1) is 11.7. The van der Waals surface area contributed by atoms with Gasteiger partial charge in [-0.2, -0.15) is 0 Å². The van der Waals surface area contributed by atoms with Gasteiger partial charge in [-0.05, 0) is 13.0 Å². The zero-order chi connectivity index (χ0) is 16.9. The number of rotatable bonds is 6. The number of benzene rings is 1. The summed E-state index contributed by atoms with van der Waals surface area (Å²) in [4.78, 5) is 0. The van der Waals surface area contributed by atoms with Crippen LogP contribution in [0.5, 0.6) is 0 Å². The Balaban J connectivity index is 0.00000225. The summed E-state index contributed by atoms with van der Waals surface area (Å²) in [6.07, 6.45) is -4.40. The standard InChI is InChI=1S/C17H23O7.Na/c1-3-20-10-22-15-13(18)17(19-2)23-12-9-21-16(24-14(12)15)11-7-5-4-6-8-11;/h4-8,12-17H,3,9-10H2,1-2H3;/q-1;+1/t12-,13+,14-,15-,16?,17-;/m1./s1. The van der Waals surface area contributed by atoms with Crippen LogP contribution in [-0.4, -0.2) is 57.8 Å². The molecule has 2 heterocycles. The first-order valence-electron chi connectivity index (χ1n) is 8.10. The zero-order valence-electron chi connectivity index (χ0n) is 14.8. The predicted molar refractivity (Wildman–Crippen MR) is 80.8 cm³/mol. The van der Waals surface area contributed by atoms with Crippen LogP contribution in [0.1, 0.15) is 18.8 Å². The molecule has 6 atom stereocenters. The van der Waals surface area contributed by atoms with Crippen molar-refractivity contribution in [2.24, 2.45) is 0 Å². The zero-order valence-corrected chi connectivity index (χ0v) is 16.8. The van der Waals surface area contributed by atoms with E-state index in [1.807, 2.05) is 37.3 Å². The van der Waals surface area contributed by atoms with E-state index in [0.29, 0.717) is 13.2 Å². The Labute approximate surface area is 169 Å². The van der Waals surface area contributed by atoms with Crippen LogP contribution in [0.4, 0.5) is 0 Å². The van der Waals surface area contributed by atoms with Gasteiger partial charge in [-0.15, -0.1) is 0 Å². The summed E-state index contributed by atoms with van der Waals surface area (Å²) in [6, 6.07) is 9.57. The van der Waals surface area contributed by atoms with E-state index in [-0.39, 0.29) is 36.4 Å². The second kappa shape index (κ2) is 10.3. The first kappa shape index (κ1) is 21.2. The fourth-order valence-corrected chi connectivity index (χ4v) is 2.92. The van der Waals surface area contributed by atoms with E-state index in [2.05, 4.69) is 0 Å². The average Bonchev–Trinajstić information content (AvgIpc) is 2.63. The molecule has 1 aromatic carbocycles. The topological polar surface area (TPSA) is 78.4 Å². The summed E-state index contributed by atoms with van der Waals surface area (Å²) in [5.41, 5.74) is 0.885. The molecule has 0 radical (unpaired) electrons. The largest absolute Gasteiger partial charge is 1.00 e. The monoisotopic (exact) mass is 362 g/mol. The van der Waals surface area contributed by atoms with Gasteiger partial charge >= 0.3 is 29.6 Å². The van der Waals surface area contributed by atoms with Gasteiger partial charge < -0.3 is 33.5 Å². The molecule has 1 unspecified atom stereocenters. The number of ether oxygens (including phenoxy) is 6. The van der Waals surface area contributed by atoms with Gasteiger partial charge in [0.15, 0.2) is 6.29 Å². The van der Waals surface area contributed by atoms with Gasteiger partial charge in [0.1, 0.15) is 25.3 Å². The third-order valence-corrected chi connectivity index (χ3v) is 4.14. The number of methoxy groups -OCH3 is 1. The summed E-state index contributed by atoms with van der Waals surface area (Å²) in [6.45, 7) is 2.69. The van der Waals surface area contributed by atoms with Crippen LogP contribution in [-0.2, 0) is 28.4 Å². The molecule has 134 valence electrons. The molecule has 8 heteroatoms. The van der Waals surface area contributed by atoms with Crippen LogP contribution < -0.4 is 34.7 Å². The van der Waals surface area contributed by atoms with Crippen LogP contribution in [0.25, 0.3) is 0 Å². The Hall–Kier alpha value is -0.0600. The van der Waals surface area contributed by atoms with E-state index in [1.54, 1.807) is 0 Å². The molecule has 25 heavy (non-hydrogen) atoms. The van der Waals surface area contributed by atoms with Crippen LogP contribution in [0.15, 0.2) is 30.3 Å². The molecular weight excluding hydrogens is 339 g/mol. The van der Waals surface area contributed by atoms with Crippen molar-refractivity contribution in [3.8, 4) is 0 Å². The van der Waals surface area contributed by atoms with Crippen molar-refractivity contribution in [2.75, 3.05) is 27.1 Å². The molecule has 1 aromatic rings. The Kier molecular flexibility index (Phi) is 8.77. The van der Waals surface area contributed by atoms with Gasteiger partial charge in [0, 0.05) is 19.3 Å². The molecule has 2 fully saturated rings. The molecular formula is C17H23NaO7. The Bertz CT molecular complexity index is 503. The molecule has 2 aliphatic heterocycles. The van der Waals surface area contributed by atoms with Gasteiger partial charge in [-0.1, -0.05) is 30.3 Å². The van der Waals surface area contributed by atoms with E-state index in [1.165, 1.54) is 7.11 Å². The Morgan fingerprint density at radius 1 is 1.20 bits per heavy atom. The summed E-state index contributed by atoms with van der Waals surface area (Å²) in [5.74, 6) is 0. The minimum absolute atomic E-state index is 0. The van der Waals surface area contributed by atoms with E-state index in [0.717, 1.165) is 5.56 Å². The van der Waals surface area contributed by atoms with Gasteiger partial charge in [-0.3, -0.25) is 0 Å². The predicted octanol–water partition coefficient (Wildman–Crippen LogP) is -2.42. The maximum absolute atomic E-state index is 12.6. The second-order valence-corrected chi connectivity index (χ2v) is 5.66. The number of hydrogen-bond donors (Lipinski definition) is 0. The quantitative estimate of drug-likeness (QED) is 0.317. The maximum atomic E-state index is 12.6. The fraction of sp³-hybridized carbons (Fsp3) is 0.647. The Morgan fingerprint density at radius 3 is 2.64 bits per heavy atom. The van der Waals surface area contributed by atoms with Gasteiger partial charge in [-0.25, -0.2) is 0 Å². The molecule has 0 bridgehead atoms. The fourth-order valence-electron chi connectivity index (χ4n) is 2.92. The van der Waals surface area contributed by atoms with Gasteiger partial charge in [0.25, 0.3) is 0 Å². The molecule has 7 nitrogen and oxygen atoms in total. The van der Waals surface area contributed by atoms with Crippen LogP contribution in [0, 0.1) is 0 Å². The van der Waals surface area contributed by atoms with Crippen molar-refractivity contribution in [2.45, 2.75) is 43.9 Å². The molecule has 0 spiro atoms. The molecule has 0 N–H and O–H groups in total. The summed E-state index contributed by atoms with van der Waals surface area (Å²) < 4.78 is 33.4. The minimum atomic E-state index is -1.23. The van der Waals surface area contributed by atoms with Gasteiger partial charge in [0.05, 0.1) is 12.7 Å². The molecule has 0 aliphatic carbocycles. The molecule has 0 amide bonds. The summed E-state index contributed by atoms with van der Waals surface area (Å²) in [7, 11) is 1.44. The van der Waals surface area contributed by atoms with E-state index in [4.69, 9.17) is 28.4 Å². The van der Waals surface area contributed by atoms with Crippen molar-refractivity contribution in [3.63, 3.8) is 0 Å². The van der Waals surface area contributed by atoms with Crippen molar-refractivity contribution >= 4 is 0 Å². The number of fused-ring (bicyclic) bond motifs is 1. The van der Waals surface area contributed by atoms with E-state index in [9.17, 15) is 5.11 Å². The average molecular weight is 362 g/mol. The van der Waals surface area contributed by atoms with Crippen molar-refractivity contribution < 1.29 is 63.1 Å². The third kappa shape index (κ3) is 5.01. The Morgan fingerprint density at radius 2 is 1.96 bits per heavy atom. The first-order valence-corrected chi connectivity index (χ1v) is 8.10. The summed E-state index contributed by atoms with van der Waals surface area (Å²) >= 11 is 0. The molecule has 2 saturated heterocycles. The molecule has 0 saturated carbocycles. The van der Waals surface area contributed by atoms with Crippen LogP contribution in [0.3, 0.4) is 0 Å². The molecule has 3 rings (SSSR count). The minimum Gasteiger partial charge on any atom is -0.846 e. The SMILES string of the molecule is CCOCO[C@@H]1[C@H]([O-])[C@H](OC)O[C@@H]2COC(c3ccccc3)O[C@@H]12.[Na+]. The second-order valence-electron chi connectivity index (χ2n) is 5.66. The van der Waals surface area contributed by atoms with Crippen molar-refractivity contribution in [1.82, 2.24) is 0 Å². The van der Waals surface area contributed by atoms with E-state index < -0.39 is 37.0 Å². The van der Waals surface area contributed by atoms with Gasteiger partial charge in [0.2, 0.25) is 0 Å². The van der Waals surface area contributed by atoms with E-state index >= 15 is 0 Å². The smallest absolute Gasteiger partial charge is 0.846 e. The molecule has 0 aromatic heterocycles. The summed E-state index contributed by atoms with van der Waals surface area (Å²) in [5, 5.41) is 12.6. The maximum Gasteiger partial charge on any atom is 1.00 e. The van der Waals surface area contributed by atoms with Crippen molar-refractivity contribution in [1.29, 1.82) is 0 Å². The normalized spacial score (nSPS) is 34.8.